The summed E-state index contributed by atoms with van der Waals surface area (Å²) in [6.45, 7) is 1.72. The van der Waals surface area contributed by atoms with Crippen molar-refractivity contribution in [2.24, 2.45) is 0 Å². The Morgan fingerprint density at radius 1 is 1.36 bits per heavy atom. The third-order valence-electron chi connectivity index (χ3n) is 3.87. The van der Waals surface area contributed by atoms with E-state index < -0.39 is 10.0 Å². The highest BCUT2D eigenvalue weighted by molar-refractivity contribution is 7.88. The zero-order valence-corrected chi connectivity index (χ0v) is 13.9. The van der Waals surface area contributed by atoms with Gasteiger partial charge in [-0.3, -0.25) is 0 Å². The van der Waals surface area contributed by atoms with Gasteiger partial charge >= 0.3 is 0 Å². The van der Waals surface area contributed by atoms with Gasteiger partial charge in [0.2, 0.25) is 10.0 Å². The van der Waals surface area contributed by atoms with Crippen molar-refractivity contribution in [3.63, 3.8) is 0 Å². The van der Waals surface area contributed by atoms with Crippen LogP contribution in [0.4, 0.5) is 0 Å². The minimum atomic E-state index is -3.40. The molecule has 2 rings (SSSR count). The zero-order valence-electron chi connectivity index (χ0n) is 13.1. The summed E-state index contributed by atoms with van der Waals surface area (Å²) in [6, 6.07) is 7.09. The van der Waals surface area contributed by atoms with Crippen LogP contribution in [-0.4, -0.2) is 47.9 Å². The highest BCUT2D eigenvalue weighted by Gasteiger charge is 2.34. The van der Waals surface area contributed by atoms with Crippen molar-refractivity contribution in [2.75, 3.05) is 33.9 Å². The molecule has 6 nitrogen and oxygen atoms in total. The Balaban J connectivity index is 1.98. The van der Waals surface area contributed by atoms with Crippen LogP contribution < -0.4 is 14.8 Å². The number of nitrogens with one attached hydrogen (secondary N) is 2. The number of hydrogen-bond donors (Lipinski definition) is 2. The van der Waals surface area contributed by atoms with Crippen LogP contribution in [0.1, 0.15) is 18.4 Å². The van der Waals surface area contributed by atoms with Crippen LogP contribution in [0.5, 0.6) is 5.75 Å². The molecule has 1 heterocycles. The number of ether oxygens (including phenoxy) is 2. The highest BCUT2D eigenvalue weighted by atomic mass is 32.2. The first kappa shape index (κ1) is 17.2. The standard InChI is InChI=1S/C15H24N2O4S/c1-20-12-15(7-4-8-16-15)11-17-22(18,19)10-13-5-3-6-14(9-13)21-2/h3,5-6,9,16-17H,4,7-8,10-12H2,1-2H3. The molecule has 1 fully saturated rings. The smallest absolute Gasteiger partial charge is 0.215 e. The first-order valence-electron chi connectivity index (χ1n) is 7.33. The number of sulfonamides is 1. The predicted octanol–water partition coefficient (Wildman–Crippen LogP) is 0.883. The van der Waals surface area contributed by atoms with Gasteiger partial charge in [-0.05, 0) is 37.1 Å². The van der Waals surface area contributed by atoms with E-state index in [1.807, 2.05) is 0 Å². The van der Waals surface area contributed by atoms with Crippen LogP contribution in [0.2, 0.25) is 0 Å². The van der Waals surface area contributed by atoms with Crippen LogP contribution in [0.3, 0.4) is 0 Å². The van der Waals surface area contributed by atoms with E-state index in [9.17, 15) is 8.42 Å². The molecular formula is C15H24N2O4S. The topological polar surface area (TPSA) is 76.7 Å². The lowest BCUT2D eigenvalue weighted by atomic mass is 9.99. The molecule has 1 saturated heterocycles. The van der Waals surface area contributed by atoms with Crippen molar-refractivity contribution in [1.29, 1.82) is 0 Å². The van der Waals surface area contributed by atoms with E-state index in [4.69, 9.17) is 9.47 Å². The first-order chi connectivity index (χ1) is 10.5. The van der Waals surface area contributed by atoms with Gasteiger partial charge in [-0.2, -0.15) is 0 Å². The summed E-state index contributed by atoms with van der Waals surface area (Å²) >= 11 is 0. The van der Waals surface area contributed by atoms with Gasteiger partial charge in [-0.1, -0.05) is 12.1 Å². The zero-order chi connectivity index (χ0) is 16.1. The van der Waals surface area contributed by atoms with Gasteiger partial charge in [0.05, 0.1) is 25.0 Å². The summed E-state index contributed by atoms with van der Waals surface area (Å²) in [5.41, 5.74) is 0.406. The van der Waals surface area contributed by atoms with Gasteiger partial charge < -0.3 is 14.8 Å². The fourth-order valence-electron chi connectivity index (χ4n) is 2.75. The van der Waals surface area contributed by atoms with Crippen molar-refractivity contribution >= 4 is 10.0 Å². The third-order valence-corrected chi connectivity index (χ3v) is 5.17. The molecule has 1 aromatic carbocycles. The summed E-state index contributed by atoms with van der Waals surface area (Å²) in [5, 5.41) is 3.35. The Morgan fingerprint density at radius 2 is 2.18 bits per heavy atom. The SMILES string of the molecule is COCC1(CNS(=O)(=O)Cc2cccc(OC)c2)CCCN1. The molecule has 1 aliphatic rings. The van der Waals surface area contributed by atoms with Crippen LogP contribution in [0.15, 0.2) is 24.3 Å². The molecule has 0 amide bonds. The molecule has 7 heteroatoms. The molecule has 0 aliphatic carbocycles. The van der Waals surface area contributed by atoms with E-state index in [-0.39, 0.29) is 11.3 Å². The predicted molar refractivity (Wildman–Crippen MR) is 85.5 cm³/mol. The van der Waals surface area contributed by atoms with Gasteiger partial charge in [0.1, 0.15) is 5.75 Å². The normalized spacial score (nSPS) is 21.9. The average molecular weight is 328 g/mol. The minimum absolute atomic E-state index is 0.0622. The fourth-order valence-corrected chi connectivity index (χ4v) is 3.97. The van der Waals surface area contributed by atoms with E-state index in [1.165, 1.54) is 0 Å². The summed E-state index contributed by atoms with van der Waals surface area (Å²) < 4.78 is 37.6. The van der Waals surface area contributed by atoms with Crippen molar-refractivity contribution in [2.45, 2.75) is 24.1 Å². The number of methoxy groups -OCH3 is 2. The maximum atomic E-state index is 12.3. The summed E-state index contributed by atoms with van der Waals surface area (Å²) in [6.07, 6.45) is 1.93. The molecule has 0 radical (unpaired) electrons. The minimum Gasteiger partial charge on any atom is -0.497 e. The second-order valence-electron chi connectivity index (χ2n) is 5.68. The second-order valence-corrected chi connectivity index (χ2v) is 7.48. The molecule has 1 aliphatic heterocycles. The van der Waals surface area contributed by atoms with Gasteiger partial charge in [0.15, 0.2) is 0 Å². The van der Waals surface area contributed by atoms with Crippen LogP contribution in [0.25, 0.3) is 0 Å². The lowest BCUT2D eigenvalue weighted by Crippen LogP contribution is -2.53. The lowest BCUT2D eigenvalue weighted by molar-refractivity contribution is 0.122. The first-order valence-corrected chi connectivity index (χ1v) is 8.98. The van der Waals surface area contributed by atoms with Crippen molar-refractivity contribution in [3.05, 3.63) is 29.8 Å². The Bertz CT molecular complexity index is 583. The summed E-state index contributed by atoms with van der Waals surface area (Å²) in [4.78, 5) is 0. The molecular weight excluding hydrogens is 304 g/mol. The van der Waals surface area contributed by atoms with E-state index in [0.717, 1.165) is 19.4 Å². The van der Waals surface area contributed by atoms with Crippen LogP contribution in [-0.2, 0) is 20.5 Å². The molecule has 0 spiro atoms. The molecule has 0 aromatic heterocycles. The van der Waals surface area contributed by atoms with E-state index >= 15 is 0 Å². The largest absolute Gasteiger partial charge is 0.497 e. The van der Waals surface area contributed by atoms with Crippen molar-refractivity contribution < 1.29 is 17.9 Å². The average Bonchev–Trinajstić information content (AvgIpc) is 2.95. The van der Waals surface area contributed by atoms with Gasteiger partial charge in [0.25, 0.3) is 0 Å². The van der Waals surface area contributed by atoms with Gasteiger partial charge in [-0.15, -0.1) is 0 Å². The Morgan fingerprint density at radius 3 is 2.82 bits per heavy atom. The molecule has 1 aromatic rings. The maximum absolute atomic E-state index is 12.3. The molecule has 0 saturated carbocycles. The molecule has 22 heavy (non-hydrogen) atoms. The second kappa shape index (κ2) is 7.41. The highest BCUT2D eigenvalue weighted by Crippen LogP contribution is 2.20. The fraction of sp³-hybridized carbons (Fsp3) is 0.600. The molecule has 1 atom stereocenters. The Hall–Kier alpha value is -1.15. The third kappa shape index (κ3) is 4.67. The Kier molecular flexibility index (Phi) is 5.80. The van der Waals surface area contributed by atoms with Crippen molar-refractivity contribution in [1.82, 2.24) is 10.0 Å². The van der Waals surface area contributed by atoms with Crippen molar-refractivity contribution in [3.8, 4) is 5.75 Å². The monoisotopic (exact) mass is 328 g/mol. The number of benzene rings is 1. The Labute approximate surface area is 132 Å². The molecule has 0 bridgehead atoms. The van der Waals surface area contributed by atoms with E-state index in [2.05, 4.69) is 10.0 Å². The summed E-state index contributed by atoms with van der Waals surface area (Å²) in [5.74, 6) is 0.591. The van der Waals surface area contributed by atoms with Crippen LogP contribution >= 0.6 is 0 Å². The van der Waals surface area contributed by atoms with Gasteiger partial charge in [0, 0.05) is 13.7 Å². The quantitative estimate of drug-likeness (QED) is 0.741. The lowest BCUT2D eigenvalue weighted by Gasteiger charge is -2.28. The van der Waals surface area contributed by atoms with Gasteiger partial charge in [-0.25, -0.2) is 13.1 Å². The molecule has 124 valence electrons. The maximum Gasteiger partial charge on any atom is 0.215 e. The van der Waals surface area contributed by atoms with E-state index in [0.29, 0.717) is 24.5 Å². The van der Waals surface area contributed by atoms with Crippen LogP contribution in [0, 0.1) is 0 Å². The van der Waals surface area contributed by atoms with E-state index in [1.54, 1.807) is 38.5 Å². The summed E-state index contributed by atoms with van der Waals surface area (Å²) in [7, 11) is -0.212. The number of rotatable bonds is 8. The molecule has 2 N–H and O–H groups in total. The number of hydrogen-bond acceptors (Lipinski definition) is 5. The molecule has 1 unspecified atom stereocenters.